The summed E-state index contributed by atoms with van der Waals surface area (Å²) < 4.78 is 0. The summed E-state index contributed by atoms with van der Waals surface area (Å²) in [6.07, 6.45) is 6.53. The van der Waals surface area contributed by atoms with Gasteiger partial charge in [0.05, 0.1) is 0 Å². The summed E-state index contributed by atoms with van der Waals surface area (Å²) >= 11 is 0. The van der Waals surface area contributed by atoms with Gasteiger partial charge in [-0.3, -0.25) is 9.79 Å². The Morgan fingerprint density at radius 2 is 1.96 bits per heavy atom. The number of nitrogens with one attached hydrogen (secondary N) is 3. The predicted molar refractivity (Wildman–Crippen MR) is 116 cm³/mol. The standard InChI is InChI=1S/C19H30N4O.HI/c1-4-19(10-5-6-11-19)14-22-18(20-3)21-13-16-8-7-9-17(12-16)23-15(2)24;/h7-9,12H,4-6,10-11,13-14H2,1-3H3,(H,23,24)(H2,20,21,22);1H. The number of hydrogen-bond donors (Lipinski definition) is 3. The summed E-state index contributed by atoms with van der Waals surface area (Å²) in [7, 11) is 1.80. The second-order valence-corrected chi connectivity index (χ2v) is 6.72. The lowest BCUT2D eigenvalue weighted by Crippen LogP contribution is -2.42. The third kappa shape index (κ3) is 6.84. The molecule has 0 saturated heterocycles. The van der Waals surface area contributed by atoms with Gasteiger partial charge >= 0.3 is 0 Å². The van der Waals surface area contributed by atoms with E-state index in [1.807, 2.05) is 24.3 Å². The van der Waals surface area contributed by atoms with E-state index in [2.05, 4.69) is 27.9 Å². The molecule has 1 amide bonds. The monoisotopic (exact) mass is 458 g/mol. The van der Waals surface area contributed by atoms with Crippen LogP contribution in [0.2, 0.25) is 0 Å². The van der Waals surface area contributed by atoms with Crippen LogP contribution in [0, 0.1) is 5.41 Å². The van der Waals surface area contributed by atoms with E-state index in [1.165, 1.54) is 39.0 Å². The number of carbonyl (C=O) groups excluding carboxylic acids is 1. The molecule has 3 N–H and O–H groups in total. The molecule has 1 fully saturated rings. The van der Waals surface area contributed by atoms with Crippen molar-refractivity contribution in [1.82, 2.24) is 10.6 Å². The van der Waals surface area contributed by atoms with Gasteiger partial charge in [-0.2, -0.15) is 0 Å². The van der Waals surface area contributed by atoms with E-state index in [0.29, 0.717) is 12.0 Å². The van der Waals surface area contributed by atoms with Crippen LogP contribution in [-0.4, -0.2) is 25.5 Å². The summed E-state index contributed by atoms with van der Waals surface area (Å²) in [5.74, 6) is 0.777. The lowest BCUT2D eigenvalue weighted by molar-refractivity contribution is -0.114. The van der Waals surface area contributed by atoms with Gasteiger partial charge < -0.3 is 16.0 Å². The maximum absolute atomic E-state index is 11.2. The Morgan fingerprint density at radius 3 is 2.56 bits per heavy atom. The molecular formula is C19H31IN4O. The molecule has 0 aromatic heterocycles. The fraction of sp³-hybridized carbons (Fsp3) is 0.579. The number of hydrogen-bond acceptors (Lipinski definition) is 2. The molecule has 140 valence electrons. The van der Waals surface area contributed by atoms with E-state index in [-0.39, 0.29) is 29.9 Å². The molecule has 5 nitrogen and oxygen atoms in total. The van der Waals surface area contributed by atoms with Crippen LogP contribution in [0.15, 0.2) is 29.3 Å². The van der Waals surface area contributed by atoms with Gasteiger partial charge in [-0.25, -0.2) is 0 Å². The minimum Gasteiger partial charge on any atom is -0.356 e. The van der Waals surface area contributed by atoms with E-state index in [4.69, 9.17) is 0 Å². The predicted octanol–water partition coefficient (Wildman–Crippen LogP) is 3.90. The van der Waals surface area contributed by atoms with Crippen LogP contribution in [0.3, 0.4) is 0 Å². The highest BCUT2D eigenvalue weighted by molar-refractivity contribution is 14.0. The van der Waals surface area contributed by atoms with Crippen LogP contribution >= 0.6 is 24.0 Å². The molecule has 1 aliphatic carbocycles. The number of benzene rings is 1. The van der Waals surface area contributed by atoms with Crippen molar-refractivity contribution in [2.75, 3.05) is 18.9 Å². The third-order valence-corrected chi connectivity index (χ3v) is 4.98. The molecule has 0 spiro atoms. The molecule has 0 heterocycles. The van der Waals surface area contributed by atoms with Crippen LogP contribution in [0.25, 0.3) is 0 Å². The Labute approximate surface area is 168 Å². The molecule has 0 aliphatic heterocycles. The molecular weight excluding hydrogens is 427 g/mol. The number of aliphatic imine (C=N–C) groups is 1. The Hall–Kier alpha value is -1.31. The second-order valence-electron chi connectivity index (χ2n) is 6.72. The first kappa shape index (κ1) is 21.7. The fourth-order valence-electron chi connectivity index (χ4n) is 3.42. The first-order chi connectivity index (χ1) is 11.6. The van der Waals surface area contributed by atoms with E-state index in [9.17, 15) is 4.79 Å². The third-order valence-electron chi connectivity index (χ3n) is 4.98. The second kappa shape index (κ2) is 10.6. The number of nitrogens with zero attached hydrogens (tertiary/aromatic N) is 1. The van der Waals surface area contributed by atoms with Crippen LogP contribution in [0.5, 0.6) is 0 Å². The SMILES string of the molecule is CCC1(CNC(=NC)NCc2cccc(NC(C)=O)c2)CCCC1.I. The van der Waals surface area contributed by atoms with Gasteiger partial charge in [-0.15, -0.1) is 24.0 Å². The zero-order valence-electron chi connectivity index (χ0n) is 15.5. The maximum atomic E-state index is 11.2. The van der Waals surface area contributed by atoms with Crippen molar-refractivity contribution in [3.05, 3.63) is 29.8 Å². The molecule has 0 bridgehead atoms. The normalized spacial score (nSPS) is 16.0. The van der Waals surface area contributed by atoms with Crippen molar-refractivity contribution in [3.63, 3.8) is 0 Å². The molecule has 1 aromatic carbocycles. The van der Waals surface area contributed by atoms with Gasteiger partial charge in [0.2, 0.25) is 5.91 Å². The van der Waals surface area contributed by atoms with Gasteiger partial charge in [-0.05, 0) is 42.4 Å². The van der Waals surface area contributed by atoms with Gasteiger partial charge in [-0.1, -0.05) is 31.9 Å². The number of carbonyl (C=O) groups is 1. The van der Waals surface area contributed by atoms with Crippen molar-refractivity contribution in [3.8, 4) is 0 Å². The number of halogens is 1. The summed E-state index contributed by atoms with van der Waals surface area (Å²) in [5, 5.41) is 9.66. The largest absolute Gasteiger partial charge is 0.356 e. The first-order valence-electron chi connectivity index (χ1n) is 8.88. The first-order valence-corrected chi connectivity index (χ1v) is 8.88. The van der Waals surface area contributed by atoms with Crippen molar-refractivity contribution in [1.29, 1.82) is 0 Å². The lowest BCUT2D eigenvalue weighted by atomic mass is 9.83. The average molecular weight is 458 g/mol. The molecule has 1 aliphatic rings. The van der Waals surface area contributed by atoms with E-state index >= 15 is 0 Å². The molecule has 1 saturated carbocycles. The highest BCUT2D eigenvalue weighted by Gasteiger charge is 2.31. The van der Waals surface area contributed by atoms with Crippen LogP contribution in [-0.2, 0) is 11.3 Å². The average Bonchev–Trinajstić information content (AvgIpc) is 3.04. The van der Waals surface area contributed by atoms with Crippen molar-refractivity contribution >= 4 is 41.5 Å². The number of rotatable bonds is 6. The molecule has 2 rings (SSSR count). The molecule has 0 unspecified atom stereocenters. The highest BCUT2D eigenvalue weighted by Crippen LogP contribution is 2.40. The smallest absolute Gasteiger partial charge is 0.221 e. The Balaban J connectivity index is 0.00000312. The summed E-state index contributed by atoms with van der Waals surface area (Å²) in [6, 6.07) is 7.86. The summed E-state index contributed by atoms with van der Waals surface area (Å²) in [4.78, 5) is 15.5. The van der Waals surface area contributed by atoms with Gasteiger partial charge in [0.25, 0.3) is 0 Å². The molecule has 0 atom stereocenters. The summed E-state index contributed by atoms with van der Waals surface area (Å²) in [6.45, 7) is 5.46. The highest BCUT2D eigenvalue weighted by atomic mass is 127. The quantitative estimate of drug-likeness (QED) is 0.344. The van der Waals surface area contributed by atoms with E-state index in [0.717, 1.165) is 23.8 Å². The molecule has 25 heavy (non-hydrogen) atoms. The maximum Gasteiger partial charge on any atom is 0.221 e. The van der Waals surface area contributed by atoms with Crippen LogP contribution < -0.4 is 16.0 Å². The minimum absolute atomic E-state index is 0. The zero-order valence-corrected chi connectivity index (χ0v) is 17.9. The van der Waals surface area contributed by atoms with Crippen molar-refractivity contribution < 1.29 is 4.79 Å². The summed E-state index contributed by atoms with van der Waals surface area (Å²) in [5.41, 5.74) is 2.36. The zero-order chi connectivity index (χ0) is 17.4. The van der Waals surface area contributed by atoms with E-state index in [1.54, 1.807) is 7.05 Å². The van der Waals surface area contributed by atoms with Gasteiger partial charge in [0, 0.05) is 32.7 Å². The fourth-order valence-corrected chi connectivity index (χ4v) is 3.42. The number of anilines is 1. The Kier molecular flexibility index (Phi) is 9.24. The van der Waals surface area contributed by atoms with E-state index < -0.39 is 0 Å². The van der Waals surface area contributed by atoms with Gasteiger partial charge in [0.1, 0.15) is 0 Å². The van der Waals surface area contributed by atoms with Crippen LogP contribution in [0.4, 0.5) is 5.69 Å². The molecule has 0 radical (unpaired) electrons. The van der Waals surface area contributed by atoms with Crippen molar-refractivity contribution in [2.45, 2.75) is 52.5 Å². The topological polar surface area (TPSA) is 65.5 Å². The van der Waals surface area contributed by atoms with Crippen LogP contribution in [0.1, 0.15) is 51.5 Å². The molecule has 6 heteroatoms. The number of guanidine groups is 1. The lowest BCUT2D eigenvalue weighted by Gasteiger charge is -2.28. The van der Waals surface area contributed by atoms with Gasteiger partial charge in [0.15, 0.2) is 5.96 Å². The molecule has 1 aromatic rings. The van der Waals surface area contributed by atoms with Crippen molar-refractivity contribution in [2.24, 2.45) is 10.4 Å². The Morgan fingerprint density at radius 1 is 1.24 bits per heavy atom. The Bertz CT molecular complexity index is 583. The number of amides is 1. The minimum atomic E-state index is -0.0565.